The number of likely N-dealkylation sites (tertiary alicyclic amines) is 2. The largest absolute Gasteiger partial charge is 0.453 e. The molecule has 2 saturated heterocycles. The molecule has 3 N–H and O–H groups in total. The summed E-state index contributed by atoms with van der Waals surface area (Å²) in [6, 6.07) is 14.9. The number of hydrogen-bond acceptors (Lipinski definition) is 8. The molecule has 9 rings (SSSR count). The van der Waals surface area contributed by atoms with E-state index in [9.17, 15) is 22.8 Å². The molecule has 3 amide bonds. The van der Waals surface area contributed by atoms with E-state index in [2.05, 4.69) is 59.2 Å². The second-order valence-electron chi connectivity index (χ2n) is 18.2. The van der Waals surface area contributed by atoms with Gasteiger partial charge in [0.1, 0.15) is 22.6 Å². The van der Waals surface area contributed by atoms with Crippen LogP contribution in [0.3, 0.4) is 0 Å². The summed E-state index contributed by atoms with van der Waals surface area (Å²) < 4.78 is 34.9. The van der Waals surface area contributed by atoms with Crippen LogP contribution in [-0.2, 0) is 30.8 Å². The Morgan fingerprint density at radius 3 is 2.41 bits per heavy atom. The van der Waals surface area contributed by atoms with Gasteiger partial charge in [0.15, 0.2) is 0 Å². The number of ether oxygens (including phenoxy) is 1. The summed E-state index contributed by atoms with van der Waals surface area (Å²) in [7, 11) is -2.58. The Kier molecular flexibility index (Phi) is 10.9. The highest BCUT2D eigenvalue weighted by molar-refractivity contribution is 7.90. The van der Waals surface area contributed by atoms with Crippen molar-refractivity contribution in [1.82, 2.24) is 29.8 Å². The van der Waals surface area contributed by atoms with E-state index in [1.807, 2.05) is 35.8 Å². The lowest BCUT2D eigenvalue weighted by Crippen LogP contribution is -2.51. The molecule has 2 unspecified atom stereocenters. The van der Waals surface area contributed by atoms with Crippen LogP contribution in [0.2, 0.25) is 0 Å². The number of amides is 3. The molecule has 0 radical (unpaired) electrons. The third-order valence-electron chi connectivity index (χ3n) is 14.1. The fourth-order valence-corrected chi connectivity index (χ4v) is 11.9. The Hall–Kier alpha value is -5.24. The number of aromatic amines is 1. The lowest BCUT2D eigenvalue weighted by Gasteiger charge is -2.29. The number of carbonyl (C=O) groups excluding carboxylic acids is 3. The summed E-state index contributed by atoms with van der Waals surface area (Å²) >= 11 is 0. The van der Waals surface area contributed by atoms with Crippen LogP contribution in [0.1, 0.15) is 114 Å². The van der Waals surface area contributed by atoms with Gasteiger partial charge in [-0.1, -0.05) is 64.8 Å². The number of carbonyl (C=O) groups is 3. The molecule has 1 aromatic heterocycles. The lowest BCUT2D eigenvalue weighted by molar-refractivity contribution is -0.135. The van der Waals surface area contributed by atoms with Crippen LogP contribution >= 0.6 is 0 Å². The molecule has 14 heteroatoms. The highest BCUT2D eigenvalue weighted by Gasteiger charge is 2.41. The average Bonchev–Trinajstić information content (AvgIpc) is 4.09. The predicted octanol–water partition coefficient (Wildman–Crippen LogP) is 8.13. The summed E-state index contributed by atoms with van der Waals surface area (Å²) in [4.78, 5) is 56.5. The van der Waals surface area contributed by atoms with Crippen molar-refractivity contribution in [2.24, 2.45) is 22.7 Å². The summed E-state index contributed by atoms with van der Waals surface area (Å²) in [5.41, 5.74) is 9.17. The SMILES string of the molecule is CC[C@H](C)CC(=O)N1CCC[C@H]1C1=Nc2cc(-c3ccc(-c4ccc5nc([C@@H]6CCCN6C(=O)[C@@H](NC(=O)OC)C(C)C)[nH]c5c4)c4c3CC3CCCC43)ccc2S(=O)(=O)N1. The lowest BCUT2D eigenvalue weighted by atomic mass is 9.86. The van der Waals surface area contributed by atoms with E-state index in [1.165, 1.54) is 36.6 Å². The Bertz CT molecular complexity index is 2550. The predicted molar refractivity (Wildman–Crippen MR) is 235 cm³/mol. The van der Waals surface area contributed by atoms with Crippen molar-refractivity contribution in [1.29, 1.82) is 0 Å². The first-order chi connectivity index (χ1) is 29.3. The molecule has 3 aromatic carbocycles. The number of fused-ring (bicyclic) bond motifs is 5. The van der Waals surface area contributed by atoms with Crippen molar-refractivity contribution >= 4 is 50.5 Å². The average molecular weight is 848 g/mol. The number of nitrogens with one attached hydrogen (secondary N) is 3. The zero-order valence-electron chi connectivity index (χ0n) is 35.8. The summed E-state index contributed by atoms with van der Waals surface area (Å²) in [5, 5.41) is 2.73. The molecule has 2 aliphatic carbocycles. The Morgan fingerprint density at radius 1 is 0.902 bits per heavy atom. The number of amidine groups is 1. The number of nitrogens with zero attached hydrogens (tertiary/aromatic N) is 4. The molecule has 0 bridgehead atoms. The van der Waals surface area contributed by atoms with Crippen LogP contribution in [-0.4, -0.2) is 84.2 Å². The van der Waals surface area contributed by atoms with Gasteiger partial charge < -0.3 is 24.8 Å². The number of aliphatic imine (C=N–C) groups is 1. The third-order valence-corrected chi connectivity index (χ3v) is 15.5. The molecule has 3 fully saturated rings. The maximum absolute atomic E-state index is 13.8. The van der Waals surface area contributed by atoms with Crippen LogP contribution in [0.5, 0.6) is 0 Å². The molecule has 3 aliphatic heterocycles. The first-order valence-corrected chi connectivity index (χ1v) is 23.7. The Morgan fingerprint density at radius 2 is 1.64 bits per heavy atom. The van der Waals surface area contributed by atoms with Gasteiger partial charge in [-0.2, -0.15) is 0 Å². The molecule has 0 spiro atoms. The van der Waals surface area contributed by atoms with Crippen LogP contribution in [0.25, 0.3) is 33.3 Å². The van der Waals surface area contributed by atoms with Gasteiger partial charge in [0.25, 0.3) is 10.0 Å². The molecule has 322 valence electrons. The highest BCUT2D eigenvalue weighted by Crippen LogP contribution is 2.54. The van der Waals surface area contributed by atoms with Gasteiger partial charge in [0.2, 0.25) is 11.8 Å². The minimum atomic E-state index is -3.88. The van der Waals surface area contributed by atoms with E-state index in [4.69, 9.17) is 14.7 Å². The number of H-pyrrole nitrogens is 1. The van der Waals surface area contributed by atoms with Crippen molar-refractivity contribution in [2.75, 3.05) is 20.2 Å². The molecule has 61 heavy (non-hydrogen) atoms. The van der Waals surface area contributed by atoms with Crippen LogP contribution in [0.15, 0.2) is 58.4 Å². The molecular weight excluding hydrogens is 791 g/mol. The fraction of sp³-hybridized carbons (Fsp3) is 0.511. The fourth-order valence-electron chi connectivity index (χ4n) is 10.7. The van der Waals surface area contributed by atoms with Crippen LogP contribution < -0.4 is 10.0 Å². The number of methoxy groups -OCH3 is 1. The van der Waals surface area contributed by atoms with Crippen molar-refractivity contribution in [3.63, 3.8) is 0 Å². The zero-order chi connectivity index (χ0) is 42.7. The van der Waals surface area contributed by atoms with Crippen molar-refractivity contribution in [3.8, 4) is 22.3 Å². The summed E-state index contributed by atoms with van der Waals surface area (Å²) in [5.74, 6) is 2.11. The maximum atomic E-state index is 13.8. The highest BCUT2D eigenvalue weighted by atomic mass is 32.2. The number of rotatable bonds is 10. The second kappa shape index (κ2) is 16.2. The number of hydrogen-bond donors (Lipinski definition) is 3. The van der Waals surface area contributed by atoms with Gasteiger partial charge in [-0.25, -0.2) is 23.2 Å². The topological polar surface area (TPSA) is 166 Å². The molecular formula is C47H57N7O6S. The van der Waals surface area contributed by atoms with Crippen molar-refractivity contribution in [2.45, 2.75) is 121 Å². The Labute approximate surface area is 358 Å². The monoisotopic (exact) mass is 847 g/mol. The number of alkyl carbamates (subject to hydrolysis) is 1. The minimum absolute atomic E-state index is 0.0465. The number of imidazole rings is 1. The zero-order valence-corrected chi connectivity index (χ0v) is 36.6. The number of benzene rings is 3. The molecule has 1 saturated carbocycles. The van der Waals surface area contributed by atoms with E-state index < -0.39 is 28.2 Å². The normalized spacial score (nSPS) is 23.6. The number of aromatic nitrogens is 2. The van der Waals surface area contributed by atoms with Crippen molar-refractivity contribution in [3.05, 3.63) is 65.5 Å². The first kappa shape index (κ1) is 41.1. The quantitative estimate of drug-likeness (QED) is 0.145. The molecule has 4 aromatic rings. The van der Waals surface area contributed by atoms with Crippen LogP contribution in [0, 0.1) is 17.8 Å². The van der Waals surface area contributed by atoms with Gasteiger partial charge in [0, 0.05) is 19.5 Å². The van der Waals surface area contributed by atoms with E-state index in [0.717, 1.165) is 72.1 Å². The van der Waals surface area contributed by atoms with Crippen molar-refractivity contribution < 1.29 is 27.5 Å². The van der Waals surface area contributed by atoms with E-state index in [1.54, 1.807) is 6.07 Å². The smallest absolute Gasteiger partial charge is 0.407 e. The molecule has 6 atom stereocenters. The standard InChI is InChI=1S/C47H57N7O6S/c1-6-27(4)22-41(55)53-20-8-13-39(53)45-50-37-25-29(15-19-40(37)61(58,59)52-45)31-16-17-33(42-32-11-7-10-28(32)23-34(31)42)30-14-18-35-36(24-30)49-44(48-35)38-12-9-21-54(38)46(56)43(26(2)3)51-47(57)60-5/h14-19,24-28,32,38-39,43H,6-13,20-23H2,1-5H3,(H,48,49)(H,50,52)(H,51,57)/t27-,28?,32?,38-,39-,43-/m0/s1. The van der Waals surface area contributed by atoms with Crippen LogP contribution in [0.4, 0.5) is 10.5 Å². The second-order valence-corrected chi connectivity index (χ2v) is 19.9. The maximum Gasteiger partial charge on any atom is 0.407 e. The van der Waals surface area contributed by atoms with Gasteiger partial charge in [0.05, 0.1) is 35.9 Å². The van der Waals surface area contributed by atoms with Gasteiger partial charge in [-0.15, -0.1) is 0 Å². The van der Waals surface area contributed by atoms with Gasteiger partial charge in [-0.3, -0.25) is 14.3 Å². The van der Waals surface area contributed by atoms with Gasteiger partial charge in [-0.05, 0) is 126 Å². The first-order valence-electron chi connectivity index (χ1n) is 22.2. The summed E-state index contributed by atoms with van der Waals surface area (Å²) in [6.45, 7) is 9.15. The van der Waals surface area contributed by atoms with Gasteiger partial charge >= 0.3 is 6.09 Å². The molecule has 13 nitrogen and oxygen atoms in total. The van der Waals surface area contributed by atoms with E-state index in [-0.39, 0.29) is 34.6 Å². The number of sulfonamides is 1. The Balaban J connectivity index is 1.04. The third kappa shape index (κ3) is 7.48. The van der Waals surface area contributed by atoms with E-state index >= 15 is 0 Å². The summed E-state index contributed by atoms with van der Waals surface area (Å²) in [6.07, 6.45) is 8.28. The molecule has 4 heterocycles. The van der Waals surface area contributed by atoms with E-state index in [0.29, 0.717) is 49.3 Å². The molecule has 5 aliphatic rings. The minimum Gasteiger partial charge on any atom is -0.453 e.